The fourth-order valence-electron chi connectivity index (χ4n) is 2.62. The Bertz CT molecular complexity index is 494. The first-order valence-corrected chi connectivity index (χ1v) is 7.21. The molecule has 0 saturated carbocycles. The molecular weight excluding hydrogens is 274 g/mol. The van der Waals surface area contributed by atoms with Gasteiger partial charge in [0.2, 0.25) is 0 Å². The van der Waals surface area contributed by atoms with Gasteiger partial charge in [-0.2, -0.15) is 0 Å². The molecule has 0 radical (unpaired) electrons. The molecule has 0 aromatic carbocycles. The van der Waals surface area contributed by atoms with Crippen LogP contribution in [-0.4, -0.2) is 79.1 Å². The number of hydrogen-bond donors (Lipinski definition) is 0. The Hall–Kier alpha value is -2.02. The van der Waals surface area contributed by atoms with Crippen LogP contribution in [0.5, 0.6) is 0 Å². The van der Waals surface area contributed by atoms with Crippen LogP contribution in [0, 0.1) is 0 Å². The summed E-state index contributed by atoms with van der Waals surface area (Å²) in [6.07, 6.45) is 1.29. The second-order valence-electron chi connectivity index (χ2n) is 5.21. The average molecular weight is 293 g/mol. The van der Waals surface area contributed by atoms with Crippen molar-refractivity contribution in [3.05, 3.63) is 24.2 Å². The Balaban J connectivity index is 1.43. The fraction of sp³-hybridized carbons (Fsp3) is 0.571. The van der Waals surface area contributed by atoms with Crippen molar-refractivity contribution in [2.24, 2.45) is 0 Å². The SMILES string of the molecule is O=C1OCCN1CCN1CCN(C(=O)c2ccco2)CC1. The maximum atomic E-state index is 12.1. The van der Waals surface area contributed by atoms with Gasteiger partial charge in [0.05, 0.1) is 12.8 Å². The van der Waals surface area contributed by atoms with Gasteiger partial charge in [0, 0.05) is 39.3 Å². The molecule has 0 N–H and O–H groups in total. The van der Waals surface area contributed by atoms with Crippen LogP contribution in [0.15, 0.2) is 22.8 Å². The molecule has 114 valence electrons. The van der Waals surface area contributed by atoms with Gasteiger partial charge in [-0.25, -0.2) is 4.79 Å². The Kier molecular flexibility index (Phi) is 4.10. The van der Waals surface area contributed by atoms with Crippen LogP contribution >= 0.6 is 0 Å². The summed E-state index contributed by atoms with van der Waals surface area (Å²) < 4.78 is 10.0. The van der Waals surface area contributed by atoms with Crippen molar-refractivity contribution in [1.29, 1.82) is 0 Å². The number of cyclic esters (lactones) is 1. The molecule has 2 aliphatic rings. The Morgan fingerprint density at radius 1 is 1.14 bits per heavy atom. The Morgan fingerprint density at radius 3 is 2.57 bits per heavy atom. The number of ether oxygens (including phenoxy) is 1. The highest BCUT2D eigenvalue weighted by Crippen LogP contribution is 2.10. The minimum absolute atomic E-state index is 0.0530. The molecule has 0 atom stereocenters. The van der Waals surface area contributed by atoms with Gasteiger partial charge in [-0.05, 0) is 12.1 Å². The quantitative estimate of drug-likeness (QED) is 0.808. The lowest BCUT2D eigenvalue weighted by atomic mass is 10.3. The van der Waals surface area contributed by atoms with Crippen molar-refractivity contribution in [2.45, 2.75) is 0 Å². The molecule has 0 aliphatic carbocycles. The van der Waals surface area contributed by atoms with Crippen LogP contribution in [0.3, 0.4) is 0 Å². The number of amides is 2. The first-order valence-electron chi connectivity index (χ1n) is 7.21. The van der Waals surface area contributed by atoms with Gasteiger partial charge in [0.1, 0.15) is 6.61 Å². The van der Waals surface area contributed by atoms with Gasteiger partial charge in [-0.3, -0.25) is 9.69 Å². The molecule has 1 aromatic heterocycles. The molecule has 3 rings (SSSR count). The zero-order chi connectivity index (χ0) is 14.7. The van der Waals surface area contributed by atoms with Gasteiger partial charge in [-0.15, -0.1) is 0 Å². The van der Waals surface area contributed by atoms with Crippen LogP contribution < -0.4 is 0 Å². The van der Waals surface area contributed by atoms with E-state index in [9.17, 15) is 9.59 Å². The van der Waals surface area contributed by atoms with Crippen molar-refractivity contribution in [2.75, 3.05) is 52.4 Å². The lowest BCUT2D eigenvalue weighted by Gasteiger charge is -2.34. The second kappa shape index (κ2) is 6.17. The number of carbonyl (C=O) groups is 2. The van der Waals surface area contributed by atoms with Crippen LogP contribution in [0.2, 0.25) is 0 Å². The van der Waals surface area contributed by atoms with Crippen LogP contribution in [0.25, 0.3) is 0 Å². The summed E-state index contributed by atoms with van der Waals surface area (Å²) in [4.78, 5) is 29.3. The normalized spacial score (nSPS) is 19.9. The molecule has 7 nitrogen and oxygen atoms in total. The predicted octanol–water partition coefficient (Wildman–Crippen LogP) is 0.490. The number of piperazine rings is 1. The van der Waals surface area contributed by atoms with Crippen molar-refractivity contribution in [3.63, 3.8) is 0 Å². The smallest absolute Gasteiger partial charge is 0.409 e. The highest BCUT2D eigenvalue weighted by atomic mass is 16.6. The summed E-state index contributed by atoms with van der Waals surface area (Å²) in [6, 6.07) is 3.41. The first kappa shape index (κ1) is 13.9. The largest absolute Gasteiger partial charge is 0.459 e. The highest BCUT2D eigenvalue weighted by molar-refractivity contribution is 5.91. The van der Waals surface area contributed by atoms with Gasteiger partial charge >= 0.3 is 6.09 Å². The monoisotopic (exact) mass is 293 g/mol. The van der Waals surface area contributed by atoms with E-state index in [2.05, 4.69) is 4.90 Å². The number of furan rings is 1. The summed E-state index contributed by atoms with van der Waals surface area (Å²) >= 11 is 0. The molecule has 3 heterocycles. The Morgan fingerprint density at radius 2 is 1.95 bits per heavy atom. The summed E-state index contributed by atoms with van der Waals surface area (Å²) in [5.74, 6) is 0.339. The number of carbonyl (C=O) groups excluding carboxylic acids is 2. The third-order valence-electron chi connectivity index (χ3n) is 3.92. The van der Waals surface area contributed by atoms with Gasteiger partial charge in [0.15, 0.2) is 5.76 Å². The maximum absolute atomic E-state index is 12.1. The van der Waals surface area contributed by atoms with E-state index in [0.29, 0.717) is 38.5 Å². The average Bonchev–Trinajstić information content (AvgIpc) is 3.17. The standard InChI is InChI=1S/C14H19N3O4/c18-13(12-2-1-10-20-12)16-6-3-15(4-7-16)5-8-17-9-11-21-14(17)19/h1-2,10H,3-9,11H2. The maximum Gasteiger partial charge on any atom is 0.409 e. The topological polar surface area (TPSA) is 66.2 Å². The molecule has 2 fully saturated rings. The fourth-order valence-corrected chi connectivity index (χ4v) is 2.62. The minimum atomic E-state index is -0.221. The van der Waals surface area contributed by atoms with Crippen molar-refractivity contribution in [1.82, 2.24) is 14.7 Å². The summed E-state index contributed by atoms with van der Waals surface area (Å²) in [5.41, 5.74) is 0. The van der Waals surface area contributed by atoms with E-state index < -0.39 is 0 Å². The van der Waals surface area contributed by atoms with E-state index in [1.54, 1.807) is 21.9 Å². The molecule has 0 bridgehead atoms. The van der Waals surface area contributed by atoms with E-state index in [1.165, 1.54) is 6.26 Å². The number of nitrogens with zero attached hydrogens (tertiary/aromatic N) is 3. The van der Waals surface area contributed by atoms with Crippen LogP contribution in [0.1, 0.15) is 10.6 Å². The third-order valence-corrected chi connectivity index (χ3v) is 3.92. The molecule has 2 amide bonds. The first-order chi connectivity index (χ1) is 10.2. The molecule has 2 saturated heterocycles. The van der Waals surface area contributed by atoms with Crippen LogP contribution in [0.4, 0.5) is 4.79 Å². The van der Waals surface area contributed by atoms with Crippen molar-refractivity contribution >= 4 is 12.0 Å². The molecule has 1 aromatic rings. The van der Waals surface area contributed by atoms with Crippen LogP contribution in [-0.2, 0) is 4.74 Å². The molecule has 2 aliphatic heterocycles. The summed E-state index contributed by atoms with van der Waals surface area (Å²) in [6.45, 7) is 5.67. The van der Waals surface area contributed by atoms with E-state index in [1.807, 2.05) is 0 Å². The summed E-state index contributed by atoms with van der Waals surface area (Å²) in [5, 5.41) is 0. The van der Waals surface area contributed by atoms with E-state index >= 15 is 0 Å². The molecule has 0 unspecified atom stereocenters. The van der Waals surface area contributed by atoms with Gasteiger partial charge in [0.25, 0.3) is 5.91 Å². The number of rotatable bonds is 4. The number of hydrogen-bond acceptors (Lipinski definition) is 5. The molecule has 21 heavy (non-hydrogen) atoms. The van der Waals surface area contributed by atoms with Crippen molar-refractivity contribution in [3.8, 4) is 0 Å². The highest BCUT2D eigenvalue weighted by Gasteiger charge is 2.25. The van der Waals surface area contributed by atoms with E-state index in [0.717, 1.165) is 19.6 Å². The van der Waals surface area contributed by atoms with Gasteiger partial charge in [-0.1, -0.05) is 0 Å². The molecule has 0 spiro atoms. The zero-order valence-electron chi connectivity index (χ0n) is 11.9. The van der Waals surface area contributed by atoms with E-state index in [-0.39, 0.29) is 12.0 Å². The summed E-state index contributed by atoms with van der Waals surface area (Å²) in [7, 11) is 0. The lowest BCUT2D eigenvalue weighted by molar-refractivity contribution is 0.0599. The van der Waals surface area contributed by atoms with Crippen molar-refractivity contribution < 1.29 is 18.7 Å². The Labute approximate surface area is 123 Å². The van der Waals surface area contributed by atoms with E-state index in [4.69, 9.17) is 9.15 Å². The third kappa shape index (κ3) is 3.18. The molecule has 7 heteroatoms. The van der Waals surface area contributed by atoms with Gasteiger partial charge < -0.3 is 19.0 Å². The molecular formula is C14H19N3O4. The second-order valence-corrected chi connectivity index (χ2v) is 5.21. The minimum Gasteiger partial charge on any atom is -0.459 e. The lowest BCUT2D eigenvalue weighted by Crippen LogP contribution is -2.50. The predicted molar refractivity (Wildman–Crippen MR) is 74.0 cm³/mol. The zero-order valence-corrected chi connectivity index (χ0v) is 11.9.